The summed E-state index contributed by atoms with van der Waals surface area (Å²) in [4.78, 5) is 27.3. The van der Waals surface area contributed by atoms with Crippen LogP contribution in [0, 0.1) is 23.1 Å². The summed E-state index contributed by atoms with van der Waals surface area (Å²) in [5.41, 5.74) is 6.13. The van der Waals surface area contributed by atoms with Crippen molar-refractivity contribution in [1.29, 1.82) is 5.26 Å². The van der Waals surface area contributed by atoms with Crippen molar-refractivity contribution in [3.05, 3.63) is 41.8 Å². The number of carbonyl (C=O) groups is 2. The molecule has 3 atom stereocenters. The van der Waals surface area contributed by atoms with Crippen molar-refractivity contribution in [2.75, 3.05) is 32.5 Å². The number of hydrogen-bond acceptors (Lipinski definition) is 6. The van der Waals surface area contributed by atoms with E-state index in [-0.39, 0.29) is 17.9 Å². The van der Waals surface area contributed by atoms with Gasteiger partial charge in [-0.3, -0.25) is 9.48 Å². The molecule has 2 aromatic rings. The van der Waals surface area contributed by atoms with E-state index in [9.17, 15) is 24.3 Å². The Morgan fingerprint density at radius 3 is 2.62 bits per heavy atom. The Labute approximate surface area is 185 Å². The van der Waals surface area contributed by atoms with Crippen molar-refractivity contribution in [3.63, 3.8) is 0 Å². The second-order valence-electron chi connectivity index (χ2n) is 8.02. The molecule has 1 aromatic carbocycles. The highest BCUT2D eigenvalue weighted by molar-refractivity contribution is 5.98. The van der Waals surface area contributed by atoms with Crippen molar-refractivity contribution in [2.45, 2.75) is 24.9 Å². The predicted octanol–water partition coefficient (Wildman–Crippen LogP) is 2.25. The number of carboxylic acid groups (broad SMARTS) is 1. The van der Waals surface area contributed by atoms with Crippen LogP contribution in [0.1, 0.15) is 29.2 Å². The van der Waals surface area contributed by atoms with Crippen LogP contribution in [-0.2, 0) is 0 Å². The lowest BCUT2D eigenvalue weighted by atomic mass is 9.85. The Balaban J connectivity index is 2.02. The van der Waals surface area contributed by atoms with E-state index in [0.717, 1.165) is 0 Å². The highest BCUT2D eigenvalue weighted by atomic mass is 19.1. The zero-order valence-electron chi connectivity index (χ0n) is 17.9. The third kappa shape index (κ3) is 4.97. The SMILES string of the molecule is CN(C)CCC1C(n2cc(C(N)=O)c(Nc3ccc(F)cc3)n2)C(C#N)CCN1C(=O)O. The van der Waals surface area contributed by atoms with Gasteiger partial charge in [0.1, 0.15) is 11.4 Å². The standard InChI is InChI=1S/C21H26FN7O3/c1-27(2)9-8-17-18(13(11-23)7-10-28(17)21(31)32)29-12-16(19(24)30)20(26-29)25-15-5-3-14(22)4-6-15/h3-6,12-13,17-18H,7-10H2,1-2H3,(H2,24,30)(H,25,26)(H,31,32). The van der Waals surface area contributed by atoms with E-state index in [1.54, 1.807) is 0 Å². The van der Waals surface area contributed by atoms with Crippen LogP contribution in [0.15, 0.2) is 30.5 Å². The smallest absolute Gasteiger partial charge is 0.407 e. The number of nitrogens with zero attached hydrogens (tertiary/aromatic N) is 5. The van der Waals surface area contributed by atoms with Crippen LogP contribution in [-0.4, -0.2) is 69.9 Å². The summed E-state index contributed by atoms with van der Waals surface area (Å²) in [6.45, 7) is 0.848. The maximum absolute atomic E-state index is 13.2. The molecule has 4 N–H and O–H groups in total. The highest BCUT2D eigenvalue weighted by Crippen LogP contribution is 2.36. The average molecular weight is 443 g/mol. The van der Waals surface area contributed by atoms with Gasteiger partial charge in [-0.25, -0.2) is 9.18 Å². The van der Waals surface area contributed by atoms with Gasteiger partial charge in [0.15, 0.2) is 5.82 Å². The first kappa shape index (κ1) is 23.0. The number of amides is 2. The Bertz CT molecular complexity index is 1020. The first-order valence-corrected chi connectivity index (χ1v) is 10.2. The van der Waals surface area contributed by atoms with E-state index in [0.29, 0.717) is 25.1 Å². The van der Waals surface area contributed by atoms with Crippen molar-refractivity contribution in [2.24, 2.45) is 11.7 Å². The fraction of sp³-hybridized carbons (Fsp3) is 0.429. The first-order chi connectivity index (χ1) is 15.2. The molecule has 11 heteroatoms. The molecule has 2 heterocycles. The molecule has 0 spiro atoms. The number of hydrogen-bond donors (Lipinski definition) is 3. The number of piperidine rings is 1. The Morgan fingerprint density at radius 1 is 1.38 bits per heavy atom. The van der Waals surface area contributed by atoms with E-state index in [1.165, 1.54) is 40.0 Å². The molecule has 1 aromatic heterocycles. The highest BCUT2D eigenvalue weighted by Gasteiger charge is 2.42. The van der Waals surface area contributed by atoms with E-state index in [1.807, 2.05) is 19.0 Å². The number of halogens is 1. The van der Waals surface area contributed by atoms with Crippen LogP contribution in [0.3, 0.4) is 0 Å². The summed E-state index contributed by atoms with van der Waals surface area (Å²) in [6.07, 6.45) is 1.20. The molecule has 3 rings (SSSR count). The lowest BCUT2D eigenvalue weighted by Crippen LogP contribution is -2.52. The summed E-state index contributed by atoms with van der Waals surface area (Å²) in [7, 11) is 3.77. The fourth-order valence-electron chi connectivity index (χ4n) is 4.01. The Hall–Kier alpha value is -3.65. The maximum atomic E-state index is 13.2. The molecule has 3 unspecified atom stereocenters. The zero-order chi connectivity index (χ0) is 23.4. The molecule has 170 valence electrons. The zero-order valence-corrected chi connectivity index (χ0v) is 17.9. The van der Waals surface area contributed by atoms with Gasteiger partial charge in [0, 0.05) is 18.4 Å². The minimum atomic E-state index is -1.07. The maximum Gasteiger partial charge on any atom is 0.407 e. The number of nitrogens with two attached hydrogens (primary N) is 1. The van der Waals surface area contributed by atoms with E-state index >= 15 is 0 Å². The molecule has 0 aliphatic carbocycles. The number of anilines is 2. The molecule has 0 saturated carbocycles. The summed E-state index contributed by atoms with van der Waals surface area (Å²) >= 11 is 0. The van der Waals surface area contributed by atoms with Crippen LogP contribution < -0.4 is 11.1 Å². The van der Waals surface area contributed by atoms with Crippen LogP contribution in [0.5, 0.6) is 0 Å². The summed E-state index contributed by atoms with van der Waals surface area (Å²) in [6, 6.07) is 6.65. The van der Waals surface area contributed by atoms with Gasteiger partial charge < -0.3 is 26.0 Å². The number of aromatic nitrogens is 2. The van der Waals surface area contributed by atoms with Gasteiger partial charge in [-0.05, 0) is 57.7 Å². The van der Waals surface area contributed by atoms with Crippen molar-refractivity contribution < 1.29 is 19.1 Å². The molecule has 0 radical (unpaired) electrons. The van der Waals surface area contributed by atoms with E-state index < -0.39 is 35.8 Å². The topological polar surface area (TPSA) is 141 Å². The van der Waals surface area contributed by atoms with Gasteiger partial charge in [-0.2, -0.15) is 10.4 Å². The number of nitriles is 1. The second-order valence-corrected chi connectivity index (χ2v) is 8.02. The number of rotatable bonds is 7. The summed E-state index contributed by atoms with van der Waals surface area (Å²) in [5.74, 6) is -1.49. The molecule has 10 nitrogen and oxygen atoms in total. The lowest BCUT2D eigenvalue weighted by Gasteiger charge is -2.42. The number of nitrogens with one attached hydrogen (secondary N) is 1. The van der Waals surface area contributed by atoms with Crippen molar-refractivity contribution >= 4 is 23.5 Å². The quantitative estimate of drug-likeness (QED) is 0.596. The van der Waals surface area contributed by atoms with Gasteiger partial charge in [-0.1, -0.05) is 0 Å². The molecule has 1 aliphatic heterocycles. The summed E-state index contributed by atoms with van der Waals surface area (Å²) < 4.78 is 14.7. The molecule has 1 saturated heterocycles. The number of primary amides is 1. The molecule has 1 aliphatic rings. The van der Waals surface area contributed by atoms with E-state index in [4.69, 9.17) is 5.73 Å². The molecule has 32 heavy (non-hydrogen) atoms. The minimum Gasteiger partial charge on any atom is -0.465 e. The number of likely N-dealkylation sites (tertiary alicyclic amines) is 1. The minimum absolute atomic E-state index is 0.0878. The average Bonchev–Trinajstić information content (AvgIpc) is 3.16. The van der Waals surface area contributed by atoms with Crippen molar-refractivity contribution in [1.82, 2.24) is 19.6 Å². The van der Waals surface area contributed by atoms with Gasteiger partial charge in [0.05, 0.1) is 24.1 Å². The Kier molecular flexibility index (Phi) is 6.95. The van der Waals surface area contributed by atoms with Gasteiger partial charge in [0.2, 0.25) is 0 Å². The van der Waals surface area contributed by atoms with Gasteiger partial charge in [0.25, 0.3) is 5.91 Å². The largest absolute Gasteiger partial charge is 0.465 e. The van der Waals surface area contributed by atoms with Gasteiger partial charge >= 0.3 is 6.09 Å². The van der Waals surface area contributed by atoms with Crippen LogP contribution >= 0.6 is 0 Å². The lowest BCUT2D eigenvalue weighted by molar-refractivity contribution is 0.0544. The monoisotopic (exact) mass is 443 g/mol. The fourth-order valence-corrected chi connectivity index (χ4v) is 4.01. The van der Waals surface area contributed by atoms with Crippen LogP contribution in [0.2, 0.25) is 0 Å². The first-order valence-electron chi connectivity index (χ1n) is 10.2. The second kappa shape index (κ2) is 9.65. The molecular weight excluding hydrogens is 417 g/mol. The third-order valence-corrected chi connectivity index (χ3v) is 5.58. The molecule has 2 amide bonds. The number of carbonyl (C=O) groups excluding carboxylic acids is 1. The number of benzene rings is 1. The molecule has 0 bridgehead atoms. The van der Waals surface area contributed by atoms with Crippen LogP contribution in [0.25, 0.3) is 0 Å². The predicted molar refractivity (Wildman–Crippen MR) is 115 cm³/mol. The van der Waals surface area contributed by atoms with Crippen molar-refractivity contribution in [3.8, 4) is 6.07 Å². The van der Waals surface area contributed by atoms with Crippen LogP contribution in [0.4, 0.5) is 20.7 Å². The molecule has 1 fully saturated rings. The normalized spacial score (nSPS) is 20.7. The van der Waals surface area contributed by atoms with E-state index in [2.05, 4.69) is 16.5 Å². The third-order valence-electron chi connectivity index (χ3n) is 5.58. The Morgan fingerprint density at radius 2 is 2.06 bits per heavy atom. The summed E-state index contributed by atoms with van der Waals surface area (Å²) in [5, 5.41) is 26.9. The molecular formula is C21H26FN7O3. The van der Waals surface area contributed by atoms with Gasteiger partial charge in [-0.15, -0.1) is 0 Å².